The van der Waals surface area contributed by atoms with Crippen LogP contribution in [0, 0.1) is 0 Å². The molecule has 0 aliphatic heterocycles. The van der Waals surface area contributed by atoms with Crippen LogP contribution in [0.3, 0.4) is 0 Å². The molecule has 0 N–H and O–H groups in total. The summed E-state index contributed by atoms with van der Waals surface area (Å²) in [6, 6.07) is 1.32. The first-order valence-electron chi connectivity index (χ1n) is 4.34. The van der Waals surface area contributed by atoms with Crippen molar-refractivity contribution < 1.29 is 23.8 Å². The van der Waals surface area contributed by atoms with Crippen LogP contribution in [-0.2, 0) is 9.47 Å². The number of carbonyl (C=O) groups excluding carboxylic acids is 2. The van der Waals surface area contributed by atoms with Crippen molar-refractivity contribution in [2.75, 3.05) is 21.3 Å². The third-order valence-electron chi connectivity index (χ3n) is 1.90. The second-order valence-corrected chi connectivity index (χ2v) is 2.76. The summed E-state index contributed by atoms with van der Waals surface area (Å²) in [7, 11) is 3.84. The zero-order valence-corrected chi connectivity index (χ0v) is 9.14. The van der Waals surface area contributed by atoms with E-state index in [0.29, 0.717) is 0 Å². The zero-order valence-electron chi connectivity index (χ0n) is 9.14. The van der Waals surface area contributed by atoms with Crippen LogP contribution < -0.4 is 4.74 Å². The van der Waals surface area contributed by atoms with E-state index >= 15 is 0 Å². The quantitative estimate of drug-likeness (QED) is 0.703. The van der Waals surface area contributed by atoms with Gasteiger partial charge in [0.15, 0.2) is 0 Å². The van der Waals surface area contributed by atoms with E-state index in [2.05, 4.69) is 14.5 Å². The SMILES string of the molecule is COC(=O)c1cnc(OC)cc1C(=O)OC. The van der Waals surface area contributed by atoms with E-state index in [1.54, 1.807) is 0 Å². The highest BCUT2D eigenvalue weighted by molar-refractivity contribution is 6.03. The monoisotopic (exact) mass is 225 g/mol. The minimum atomic E-state index is -0.657. The summed E-state index contributed by atoms with van der Waals surface area (Å²) >= 11 is 0. The molecule has 0 unspecified atom stereocenters. The molecule has 0 aliphatic carbocycles. The summed E-state index contributed by atoms with van der Waals surface area (Å²) in [5, 5.41) is 0. The van der Waals surface area contributed by atoms with Gasteiger partial charge in [-0.25, -0.2) is 14.6 Å². The molecule has 1 rings (SSSR count). The van der Waals surface area contributed by atoms with Crippen molar-refractivity contribution in [1.29, 1.82) is 0 Å². The maximum absolute atomic E-state index is 11.4. The molecule has 0 bridgehead atoms. The van der Waals surface area contributed by atoms with Crippen LogP contribution in [0.2, 0.25) is 0 Å². The molecule has 86 valence electrons. The van der Waals surface area contributed by atoms with Gasteiger partial charge in [-0.3, -0.25) is 0 Å². The van der Waals surface area contributed by atoms with Crippen LogP contribution in [0.25, 0.3) is 0 Å². The van der Waals surface area contributed by atoms with Crippen molar-refractivity contribution in [3.63, 3.8) is 0 Å². The fourth-order valence-electron chi connectivity index (χ4n) is 1.10. The number of nitrogens with zero attached hydrogens (tertiary/aromatic N) is 1. The predicted octanol–water partition coefficient (Wildman–Crippen LogP) is 0.663. The zero-order chi connectivity index (χ0) is 12.1. The Hall–Kier alpha value is -2.11. The molecule has 16 heavy (non-hydrogen) atoms. The highest BCUT2D eigenvalue weighted by Gasteiger charge is 2.19. The van der Waals surface area contributed by atoms with Crippen molar-refractivity contribution in [1.82, 2.24) is 4.98 Å². The molecule has 1 heterocycles. The first-order chi connectivity index (χ1) is 7.63. The first-order valence-corrected chi connectivity index (χ1v) is 4.34. The van der Waals surface area contributed by atoms with E-state index < -0.39 is 11.9 Å². The van der Waals surface area contributed by atoms with Gasteiger partial charge in [-0.15, -0.1) is 0 Å². The minimum Gasteiger partial charge on any atom is -0.481 e. The number of methoxy groups -OCH3 is 3. The van der Waals surface area contributed by atoms with Crippen molar-refractivity contribution >= 4 is 11.9 Å². The van der Waals surface area contributed by atoms with Crippen molar-refractivity contribution in [3.05, 3.63) is 23.4 Å². The standard InChI is InChI=1S/C10H11NO5/c1-14-8-4-6(9(12)15-2)7(5-11-8)10(13)16-3/h4-5H,1-3H3. The fourth-order valence-corrected chi connectivity index (χ4v) is 1.10. The van der Waals surface area contributed by atoms with Gasteiger partial charge in [-0.1, -0.05) is 0 Å². The minimum absolute atomic E-state index is 0.0372. The van der Waals surface area contributed by atoms with Gasteiger partial charge in [0, 0.05) is 12.3 Å². The summed E-state index contributed by atoms with van der Waals surface area (Å²) < 4.78 is 13.9. The summed E-state index contributed by atoms with van der Waals surface area (Å²) in [5.41, 5.74) is 0.0938. The Balaban J connectivity index is 3.26. The molecule has 0 aromatic carbocycles. The van der Waals surface area contributed by atoms with Gasteiger partial charge in [0.1, 0.15) is 0 Å². The number of pyridine rings is 1. The molecule has 6 nitrogen and oxygen atoms in total. The maximum atomic E-state index is 11.4. The number of ether oxygens (including phenoxy) is 3. The van der Waals surface area contributed by atoms with Gasteiger partial charge in [0.25, 0.3) is 0 Å². The highest BCUT2D eigenvalue weighted by atomic mass is 16.5. The molecule has 1 aromatic heterocycles. The second kappa shape index (κ2) is 5.11. The highest BCUT2D eigenvalue weighted by Crippen LogP contribution is 2.16. The van der Waals surface area contributed by atoms with Crippen molar-refractivity contribution in [2.24, 2.45) is 0 Å². The molecule has 6 heteroatoms. The smallest absolute Gasteiger partial charge is 0.340 e. The molecule has 0 saturated heterocycles. The normalized spacial score (nSPS) is 9.44. The van der Waals surface area contributed by atoms with Gasteiger partial charge in [-0.05, 0) is 0 Å². The lowest BCUT2D eigenvalue weighted by atomic mass is 10.1. The van der Waals surface area contributed by atoms with Crippen LogP contribution in [0.4, 0.5) is 0 Å². The number of carbonyl (C=O) groups is 2. The lowest BCUT2D eigenvalue weighted by molar-refractivity contribution is 0.0554. The van der Waals surface area contributed by atoms with E-state index in [9.17, 15) is 9.59 Å². The summed E-state index contributed by atoms with van der Waals surface area (Å²) in [4.78, 5) is 26.6. The summed E-state index contributed by atoms with van der Waals surface area (Å²) in [6.45, 7) is 0. The van der Waals surface area contributed by atoms with Gasteiger partial charge in [0.2, 0.25) is 5.88 Å². The van der Waals surface area contributed by atoms with Crippen LogP contribution in [0.15, 0.2) is 12.3 Å². The lowest BCUT2D eigenvalue weighted by Crippen LogP contribution is -2.12. The van der Waals surface area contributed by atoms with Gasteiger partial charge in [0.05, 0.1) is 32.5 Å². The molecule has 1 aromatic rings. The Morgan fingerprint density at radius 2 is 1.62 bits per heavy atom. The van der Waals surface area contributed by atoms with E-state index in [0.717, 1.165) is 0 Å². The Bertz CT molecular complexity index is 416. The molecule has 0 spiro atoms. The van der Waals surface area contributed by atoms with Gasteiger partial charge < -0.3 is 14.2 Å². The Kier molecular flexibility index (Phi) is 3.82. The number of hydrogen-bond acceptors (Lipinski definition) is 6. The van der Waals surface area contributed by atoms with E-state index in [-0.39, 0.29) is 17.0 Å². The van der Waals surface area contributed by atoms with Crippen LogP contribution >= 0.6 is 0 Å². The predicted molar refractivity (Wildman–Crippen MR) is 53.5 cm³/mol. The van der Waals surface area contributed by atoms with Gasteiger partial charge >= 0.3 is 11.9 Å². The molecule has 0 atom stereocenters. The Morgan fingerprint density at radius 1 is 1.06 bits per heavy atom. The number of esters is 2. The summed E-state index contributed by atoms with van der Waals surface area (Å²) in [6.07, 6.45) is 1.21. The Morgan fingerprint density at radius 3 is 2.12 bits per heavy atom. The number of hydrogen-bond donors (Lipinski definition) is 0. The van der Waals surface area contributed by atoms with E-state index in [4.69, 9.17) is 4.74 Å². The topological polar surface area (TPSA) is 74.7 Å². The average Bonchev–Trinajstić information content (AvgIpc) is 2.36. The van der Waals surface area contributed by atoms with E-state index in [1.165, 1.54) is 33.6 Å². The third kappa shape index (κ3) is 2.28. The van der Waals surface area contributed by atoms with Crippen molar-refractivity contribution in [2.45, 2.75) is 0 Å². The molecule has 0 saturated carbocycles. The molecule has 0 amide bonds. The molecule has 0 aliphatic rings. The average molecular weight is 225 g/mol. The summed E-state index contributed by atoms with van der Waals surface area (Å²) in [5.74, 6) is -1.09. The Labute approximate surface area is 92.1 Å². The van der Waals surface area contributed by atoms with Crippen LogP contribution in [0.1, 0.15) is 20.7 Å². The largest absolute Gasteiger partial charge is 0.481 e. The third-order valence-corrected chi connectivity index (χ3v) is 1.90. The lowest BCUT2D eigenvalue weighted by Gasteiger charge is -2.07. The van der Waals surface area contributed by atoms with Crippen molar-refractivity contribution in [3.8, 4) is 5.88 Å². The molecule has 0 fully saturated rings. The molecular formula is C10H11NO5. The number of aromatic nitrogens is 1. The first kappa shape index (κ1) is 12.0. The van der Waals surface area contributed by atoms with Crippen LogP contribution in [0.5, 0.6) is 5.88 Å². The van der Waals surface area contributed by atoms with Gasteiger partial charge in [-0.2, -0.15) is 0 Å². The second-order valence-electron chi connectivity index (χ2n) is 2.76. The fraction of sp³-hybridized carbons (Fsp3) is 0.300. The maximum Gasteiger partial charge on any atom is 0.340 e. The molecular weight excluding hydrogens is 214 g/mol. The number of rotatable bonds is 3. The molecule has 0 radical (unpaired) electrons. The van der Waals surface area contributed by atoms with E-state index in [1.807, 2.05) is 0 Å². The van der Waals surface area contributed by atoms with Crippen LogP contribution in [-0.4, -0.2) is 38.3 Å².